The second-order valence-corrected chi connectivity index (χ2v) is 11.3. The largest absolute Gasteiger partial charge is 0.507 e. The molecule has 3 aromatic carbocycles. The molecule has 1 saturated heterocycles. The molecule has 1 aromatic heterocycles. The molecule has 1 aliphatic rings. The predicted molar refractivity (Wildman–Crippen MR) is 165 cm³/mol. The number of aromatic nitrogens is 1. The Labute approximate surface area is 249 Å². The fourth-order valence-electron chi connectivity index (χ4n) is 5.22. The van der Waals surface area contributed by atoms with E-state index in [1.165, 1.54) is 16.2 Å². The highest BCUT2D eigenvalue weighted by Crippen LogP contribution is 2.46. The van der Waals surface area contributed by atoms with Gasteiger partial charge in [-0.2, -0.15) is 0 Å². The molecule has 1 amide bonds. The van der Waals surface area contributed by atoms with Crippen LogP contribution >= 0.6 is 11.3 Å². The van der Waals surface area contributed by atoms with Crippen LogP contribution < -0.4 is 19.1 Å². The number of aliphatic hydroxyl groups excluding tert-OH is 1. The molecule has 0 radical (unpaired) electrons. The third kappa shape index (κ3) is 5.44. The smallest absolute Gasteiger partial charge is 0.301 e. The molecule has 42 heavy (non-hydrogen) atoms. The number of aryl methyl sites for hydroxylation is 2. The van der Waals surface area contributed by atoms with Crippen molar-refractivity contribution in [2.24, 2.45) is 0 Å². The molecule has 1 unspecified atom stereocenters. The van der Waals surface area contributed by atoms with Crippen LogP contribution in [0.3, 0.4) is 0 Å². The Morgan fingerprint density at radius 1 is 0.976 bits per heavy atom. The molecule has 218 valence electrons. The topological polar surface area (TPSA) is 98.2 Å². The van der Waals surface area contributed by atoms with E-state index in [0.29, 0.717) is 40.1 Å². The molecule has 0 saturated carbocycles. The molecule has 8 nitrogen and oxygen atoms in total. The number of aliphatic hydroxyl groups is 1. The number of benzene rings is 3. The lowest BCUT2D eigenvalue weighted by Crippen LogP contribution is -2.29. The van der Waals surface area contributed by atoms with Gasteiger partial charge in [0.05, 0.1) is 42.7 Å². The summed E-state index contributed by atoms with van der Waals surface area (Å²) < 4.78 is 17.8. The number of ketones is 1. The average molecular weight is 587 g/mol. The second kappa shape index (κ2) is 12.2. The van der Waals surface area contributed by atoms with E-state index < -0.39 is 17.7 Å². The number of thiazole rings is 1. The van der Waals surface area contributed by atoms with E-state index in [-0.39, 0.29) is 11.3 Å². The minimum absolute atomic E-state index is 0.0315. The number of nitrogens with zero attached hydrogens (tertiary/aromatic N) is 2. The molecule has 2 heterocycles. The number of methoxy groups -OCH3 is 2. The van der Waals surface area contributed by atoms with Crippen molar-refractivity contribution in [2.45, 2.75) is 46.1 Å². The van der Waals surface area contributed by atoms with Gasteiger partial charge in [-0.05, 0) is 79.4 Å². The Kier molecular flexibility index (Phi) is 8.49. The summed E-state index contributed by atoms with van der Waals surface area (Å²) in [6.07, 6.45) is 3.05. The summed E-state index contributed by atoms with van der Waals surface area (Å²) in [7, 11) is 3.09. The first-order chi connectivity index (χ1) is 20.3. The summed E-state index contributed by atoms with van der Waals surface area (Å²) in [6.45, 7) is 6.65. The Hall–Kier alpha value is -4.37. The van der Waals surface area contributed by atoms with E-state index >= 15 is 0 Å². The van der Waals surface area contributed by atoms with Crippen molar-refractivity contribution >= 4 is 44.1 Å². The molecule has 0 aliphatic carbocycles. The van der Waals surface area contributed by atoms with E-state index in [9.17, 15) is 14.7 Å². The van der Waals surface area contributed by atoms with Crippen molar-refractivity contribution in [2.75, 3.05) is 25.7 Å². The Balaban J connectivity index is 1.66. The SMILES string of the molecule is CCCCCOc1ccc(C2C(=C(O)c3ccc(OC)cc3)C(=O)C(=O)N2c2nc3c(C)cc(C)cc3s2)cc1OC. The van der Waals surface area contributed by atoms with E-state index in [2.05, 4.69) is 6.92 Å². The van der Waals surface area contributed by atoms with Crippen LogP contribution in [0.25, 0.3) is 16.0 Å². The lowest BCUT2D eigenvalue weighted by Gasteiger charge is -2.24. The zero-order valence-corrected chi connectivity index (χ0v) is 25.2. The first-order valence-electron chi connectivity index (χ1n) is 13.9. The van der Waals surface area contributed by atoms with Gasteiger partial charge in [0.25, 0.3) is 5.78 Å². The minimum atomic E-state index is -0.947. The number of fused-ring (bicyclic) bond motifs is 1. The van der Waals surface area contributed by atoms with Gasteiger partial charge >= 0.3 is 5.91 Å². The van der Waals surface area contributed by atoms with Gasteiger partial charge in [0.15, 0.2) is 16.6 Å². The second-order valence-electron chi connectivity index (χ2n) is 10.3. The zero-order chi connectivity index (χ0) is 30.0. The number of ether oxygens (including phenoxy) is 3. The summed E-state index contributed by atoms with van der Waals surface area (Å²) in [6, 6.07) is 15.1. The molecule has 0 bridgehead atoms. The van der Waals surface area contributed by atoms with Gasteiger partial charge < -0.3 is 19.3 Å². The molecule has 5 rings (SSSR count). The monoisotopic (exact) mass is 586 g/mol. The quantitative estimate of drug-likeness (QED) is 0.0914. The van der Waals surface area contributed by atoms with Crippen LogP contribution in [0.15, 0.2) is 60.2 Å². The number of carbonyl (C=O) groups is 2. The average Bonchev–Trinajstić information content (AvgIpc) is 3.53. The number of rotatable bonds is 10. The number of anilines is 1. The maximum Gasteiger partial charge on any atom is 0.301 e. The first-order valence-corrected chi connectivity index (χ1v) is 14.7. The minimum Gasteiger partial charge on any atom is -0.507 e. The molecular weight excluding hydrogens is 552 g/mol. The van der Waals surface area contributed by atoms with Crippen LogP contribution in [0.4, 0.5) is 5.13 Å². The Morgan fingerprint density at radius 2 is 1.74 bits per heavy atom. The molecule has 9 heteroatoms. The van der Waals surface area contributed by atoms with Gasteiger partial charge in [0, 0.05) is 5.56 Å². The molecule has 0 spiro atoms. The molecule has 1 fully saturated rings. The highest BCUT2D eigenvalue weighted by Gasteiger charge is 2.48. The van der Waals surface area contributed by atoms with Crippen LogP contribution in [-0.4, -0.2) is 42.6 Å². The van der Waals surface area contributed by atoms with Crippen LogP contribution in [-0.2, 0) is 9.59 Å². The molecule has 1 aliphatic heterocycles. The van der Waals surface area contributed by atoms with Gasteiger partial charge in [-0.1, -0.05) is 43.2 Å². The van der Waals surface area contributed by atoms with Crippen LogP contribution in [0.5, 0.6) is 17.2 Å². The highest BCUT2D eigenvalue weighted by atomic mass is 32.1. The van der Waals surface area contributed by atoms with Crippen LogP contribution in [0, 0.1) is 13.8 Å². The predicted octanol–water partition coefficient (Wildman–Crippen LogP) is 7.13. The lowest BCUT2D eigenvalue weighted by molar-refractivity contribution is -0.132. The number of Topliss-reactive ketones (excluding diaryl/α,β-unsaturated/α-hetero) is 1. The lowest BCUT2D eigenvalue weighted by atomic mass is 9.95. The summed E-state index contributed by atoms with van der Waals surface area (Å²) in [5.41, 5.74) is 3.75. The van der Waals surface area contributed by atoms with Gasteiger partial charge in [-0.3, -0.25) is 14.5 Å². The summed E-state index contributed by atoms with van der Waals surface area (Å²) >= 11 is 1.34. The molecular formula is C33H34N2O6S. The Bertz CT molecular complexity index is 1670. The number of hydrogen-bond acceptors (Lipinski definition) is 8. The van der Waals surface area contributed by atoms with Crippen molar-refractivity contribution in [3.8, 4) is 17.2 Å². The molecule has 4 aromatic rings. The van der Waals surface area contributed by atoms with Gasteiger partial charge in [-0.25, -0.2) is 4.98 Å². The number of carbonyl (C=O) groups excluding carboxylic acids is 2. The molecule has 1 N–H and O–H groups in total. The fraction of sp³-hybridized carbons (Fsp3) is 0.303. The maximum absolute atomic E-state index is 13.7. The number of amides is 1. The van der Waals surface area contributed by atoms with Crippen molar-refractivity contribution in [3.05, 3.63) is 82.4 Å². The fourth-order valence-corrected chi connectivity index (χ4v) is 6.39. The maximum atomic E-state index is 13.7. The zero-order valence-electron chi connectivity index (χ0n) is 24.4. The van der Waals surface area contributed by atoms with Gasteiger partial charge in [-0.15, -0.1) is 0 Å². The van der Waals surface area contributed by atoms with E-state index in [4.69, 9.17) is 19.2 Å². The molecule has 1 atom stereocenters. The number of hydrogen-bond donors (Lipinski definition) is 1. The summed E-state index contributed by atoms with van der Waals surface area (Å²) in [4.78, 5) is 33.5. The van der Waals surface area contributed by atoms with Gasteiger partial charge in [0.2, 0.25) is 0 Å². The summed E-state index contributed by atoms with van der Waals surface area (Å²) in [5, 5.41) is 11.9. The third-order valence-corrected chi connectivity index (χ3v) is 8.34. The van der Waals surface area contributed by atoms with Gasteiger partial charge in [0.1, 0.15) is 11.5 Å². The van der Waals surface area contributed by atoms with E-state index in [0.717, 1.165) is 40.6 Å². The standard InChI is InChI=1S/C33H34N2O6S/c1-6-7-8-15-41-24-14-11-22(18-25(24)40-5)29-27(30(36)21-9-12-23(39-4)13-10-21)31(37)32(38)35(29)33-34-28-20(3)16-19(2)17-26(28)42-33/h9-14,16-18,29,36H,6-8,15H2,1-5H3. The Morgan fingerprint density at radius 3 is 2.43 bits per heavy atom. The van der Waals surface area contributed by atoms with E-state index in [1.54, 1.807) is 56.7 Å². The van der Waals surface area contributed by atoms with E-state index in [1.807, 2.05) is 26.0 Å². The summed E-state index contributed by atoms with van der Waals surface area (Å²) in [5.74, 6) is -0.203. The van der Waals surface area contributed by atoms with Crippen molar-refractivity contribution in [1.29, 1.82) is 0 Å². The first kappa shape index (κ1) is 29.1. The van der Waals surface area contributed by atoms with Crippen LogP contribution in [0.1, 0.15) is 54.5 Å². The van der Waals surface area contributed by atoms with Crippen molar-refractivity contribution < 1.29 is 28.9 Å². The number of unbranched alkanes of at least 4 members (excludes halogenated alkanes) is 2. The third-order valence-electron chi connectivity index (χ3n) is 7.34. The van der Waals surface area contributed by atoms with Crippen molar-refractivity contribution in [3.63, 3.8) is 0 Å². The van der Waals surface area contributed by atoms with Crippen LogP contribution in [0.2, 0.25) is 0 Å². The van der Waals surface area contributed by atoms with Crippen molar-refractivity contribution in [1.82, 2.24) is 4.98 Å². The normalized spacial score (nSPS) is 16.3. The highest BCUT2D eigenvalue weighted by molar-refractivity contribution is 7.22.